The van der Waals surface area contributed by atoms with Crippen LogP contribution in [-0.4, -0.2) is 41.5 Å². The highest BCUT2D eigenvalue weighted by atomic mass is 32.2. The molecule has 2 heterocycles. The van der Waals surface area contributed by atoms with Crippen LogP contribution in [0.1, 0.15) is 53.0 Å². The predicted molar refractivity (Wildman–Crippen MR) is 123 cm³/mol. The molecule has 8 heteroatoms. The van der Waals surface area contributed by atoms with Gasteiger partial charge in [0.25, 0.3) is 5.91 Å². The molecule has 0 aliphatic carbocycles. The van der Waals surface area contributed by atoms with Gasteiger partial charge in [-0.2, -0.15) is 9.40 Å². The van der Waals surface area contributed by atoms with Crippen LogP contribution in [0.3, 0.4) is 0 Å². The molecule has 1 amide bonds. The molecule has 4 rings (SSSR count). The number of aromatic nitrogens is 2. The molecule has 168 valence electrons. The van der Waals surface area contributed by atoms with Gasteiger partial charge in [-0.1, -0.05) is 17.7 Å². The summed E-state index contributed by atoms with van der Waals surface area (Å²) in [7, 11) is -3.49. The molecule has 0 radical (unpaired) electrons. The average Bonchev–Trinajstić information content (AvgIpc) is 3.45. The zero-order valence-corrected chi connectivity index (χ0v) is 19.4. The van der Waals surface area contributed by atoms with E-state index < -0.39 is 10.0 Å². The Hall–Kier alpha value is -2.97. The van der Waals surface area contributed by atoms with Gasteiger partial charge in [-0.05, 0) is 70.0 Å². The van der Waals surface area contributed by atoms with Crippen molar-refractivity contribution in [3.63, 3.8) is 0 Å². The second-order valence-corrected chi connectivity index (χ2v) is 10.2. The van der Waals surface area contributed by atoms with Crippen LogP contribution >= 0.6 is 0 Å². The van der Waals surface area contributed by atoms with Crippen molar-refractivity contribution in [3.8, 4) is 5.69 Å². The minimum Gasteiger partial charge on any atom is -0.345 e. The molecule has 1 atom stereocenters. The third kappa shape index (κ3) is 4.33. The van der Waals surface area contributed by atoms with E-state index in [1.807, 2.05) is 49.7 Å². The SMILES string of the molecule is Cc1ccc(-n2ncc([C@@H](C)NC(=O)c3ccc(S(=O)(=O)N4CCCC4)cc3)c2C)cc1. The van der Waals surface area contributed by atoms with Crippen molar-refractivity contribution in [2.24, 2.45) is 0 Å². The summed E-state index contributed by atoms with van der Waals surface area (Å²) < 4.78 is 28.7. The smallest absolute Gasteiger partial charge is 0.251 e. The summed E-state index contributed by atoms with van der Waals surface area (Å²) in [4.78, 5) is 13.0. The van der Waals surface area contributed by atoms with Gasteiger partial charge < -0.3 is 5.32 Å². The van der Waals surface area contributed by atoms with E-state index in [2.05, 4.69) is 10.4 Å². The van der Waals surface area contributed by atoms with Crippen molar-refractivity contribution in [3.05, 3.63) is 77.1 Å². The Balaban J connectivity index is 1.46. The summed E-state index contributed by atoms with van der Waals surface area (Å²) in [5.74, 6) is -0.259. The molecule has 1 fully saturated rings. The van der Waals surface area contributed by atoms with Crippen LogP contribution in [0.2, 0.25) is 0 Å². The number of sulfonamides is 1. The van der Waals surface area contributed by atoms with E-state index in [9.17, 15) is 13.2 Å². The summed E-state index contributed by atoms with van der Waals surface area (Å²) in [5.41, 5.74) is 4.44. The van der Waals surface area contributed by atoms with E-state index in [1.165, 1.54) is 22.0 Å². The van der Waals surface area contributed by atoms with E-state index >= 15 is 0 Å². The molecule has 3 aromatic rings. The molecule has 1 aliphatic rings. The lowest BCUT2D eigenvalue weighted by molar-refractivity contribution is 0.0939. The number of nitrogens with zero attached hydrogens (tertiary/aromatic N) is 3. The highest BCUT2D eigenvalue weighted by Crippen LogP contribution is 2.23. The Morgan fingerprint density at radius 3 is 2.25 bits per heavy atom. The number of rotatable bonds is 6. The van der Waals surface area contributed by atoms with Crippen molar-refractivity contribution in [1.82, 2.24) is 19.4 Å². The Morgan fingerprint density at radius 1 is 1.00 bits per heavy atom. The first-order chi connectivity index (χ1) is 15.3. The van der Waals surface area contributed by atoms with Gasteiger partial charge in [-0.3, -0.25) is 4.79 Å². The van der Waals surface area contributed by atoms with Crippen molar-refractivity contribution < 1.29 is 13.2 Å². The predicted octanol–water partition coefficient (Wildman–Crippen LogP) is 3.76. The molecule has 0 spiro atoms. The lowest BCUT2D eigenvalue weighted by Gasteiger charge is -2.16. The van der Waals surface area contributed by atoms with Gasteiger partial charge in [0, 0.05) is 29.9 Å². The first-order valence-corrected chi connectivity index (χ1v) is 12.2. The molecule has 1 aliphatic heterocycles. The number of carbonyl (C=O) groups excluding carboxylic acids is 1. The molecule has 0 bridgehead atoms. The average molecular weight is 453 g/mol. The van der Waals surface area contributed by atoms with Crippen LogP contribution < -0.4 is 5.32 Å². The maximum absolute atomic E-state index is 12.8. The number of hydrogen-bond donors (Lipinski definition) is 1. The lowest BCUT2D eigenvalue weighted by Crippen LogP contribution is -2.28. The number of aryl methyl sites for hydroxylation is 1. The van der Waals surface area contributed by atoms with Crippen LogP contribution in [0.5, 0.6) is 0 Å². The van der Waals surface area contributed by atoms with Crippen LogP contribution in [0.4, 0.5) is 0 Å². The monoisotopic (exact) mass is 452 g/mol. The summed E-state index contributed by atoms with van der Waals surface area (Å²) in [6.07, 6.45) is 3.54. The highest BCUT2D eigenvalue weighted by Gasteiger charge is 2.27. The van der Waals surface area contributed by atoms with Crippen LogP contribution in [-0.2, 0) is 10.0 Å². The van der Waals surface area contributed by atoms with Crippen LogP contribution in [0, 0.1) is 13.8 Å². The van der Waals surface area contributed by atoms with Gasteiger partial charge in [0.05, 0.1) is 22.8 Å². The normalized spacial score (nSPS) is 15.6. The van der Waals surface area contributed by atoms with E-state index in [-0.39, 0.29) is 16.8 Å². The van der Waals surface area contributed by atoms with Gasteiger partial charge in [-0.25, -0.2) is 13.1 Å². The molecule has 32 heavy (non-hydrogen) atoms. The zero-order valence-electron chi connectivity index (χ0n) is 18.6. The summed E-state index contributed by atoms with van der Waals surface area (Å²) in [6.45, 7) is 7.03. The lowest BCUT2D eigenvalue weighted by atomic mass is 10.1. The van der Waals surface area contributed by atoms with Crippen molar-refractivity contribution in [2.45, 2.75) is 44.6 Å². The highest BCUT2D eigenvalue weighted by molar-refractivity contribution is 7.89. The fourth-order valence-electron chi connectivity index (χ4n) is 4.01. The van der Waals surface area contributed by atoms with Gasteiger partial charge in [-0.15, -0.1) is 0 Å². The van der Waals surface area contributed by atoms with E-state index in [1.54, 1.807) is 18.3 Å². The summed E-state index contributed by atoms with van der Waals surface area (Å²) >= 11 is 0. The maximum atomic E-state index is 12.8. The van der Waals surface area contributed by atoms with E-state index in [0.717, 1.165) is 29.8 Å². The van der Waals surface area contributed by atoms with Gasteiger partial charge in [0.2, 0.25) is 10.0 Å². The third-order valence-electron chi connectivity index (χ3n) is 5.96. The molecule has 1 aromatic heterocycles. The van der Waals surface area contributed by atoms with Crippen molar-refractivity contribution in [2.75, 3.05) is 13.1 Å². The fourth-order valence-corrected chi connectivity index (χ4v) is 5.52. The number of benzene rings is 2. The minimum absolute atomic E-state index is 0.221. The summed E-state index contributed by atoms with van der Waals surface area (Å²) in [6, 6.07) is 14.0. The molecule has 7 nitrogen and oxygen atoms in total. The topological polar surface area (TPSA) is 84.3 Å². The largest absolute Gasteiger partial charge is 0.345 e. The molecule has 1 N–H and O–H groups in total. The second kappa shape index (κ2) is 8.88. The molecular formula is C24H28N4O3S. The first-order valence-electron chi connectivity index (χ1n) is 10.8. The third-order valence-corrected chi connectivity index (χ3v) is 7.87. The summed E-state index contributed by atoms with van der Waals surface area (Å²) in [5, 5.41) is 7.48. The van der Waals surface area contributed by atoms with Gasteiger partial charge in [0.15, 0.2) is 0 Å². The Bertz CT molecular complexity index is 1210. The molecule has 0 saturated carbocycles. The number of amides is 1. The number of carbonyl (C=O) groups is 1. The quantitative estimate of drug-likeness (QED) is 0.617. The second-order valence-electron chi connectivity index (χ2n) is 8.26. The van der Waals surface area contributed by atoms with Crippen molar-refractivity contribution >= 4 is 15.9 Å². The Kier molecular flexibility index (Phi) is 6.17. The molecule has 0 unspecified atom stereocenters. The van der Waals surface area contributed by atoms with Crippen LogP contribution in [0.15, 0.2) is 59.6 Å². The fraction of sp³-hybridized carbons (Fsp3) is 0.333. The maximum Gasteiger partial charge on any atom is 0.251 e. The van der Waals surface area contributed by atoms with Gasteiger partial charge >= 0.3 is 0 Å². The van der Waals surface area contributed by atoms with Crippen LogP contribution in [0.25, 0.3) is 5.69 Å². The Morgan fingerprint density at radius 2 is 1.62 bits per heavy atom. The zero-order chi connectivity index (χ0) is 22.9. The van der Waals surface area contributed by atoms with Gasteiger partial charge in [0.1, 0.15) is 0 Å². The standard InChI is InChI=1S/C24H28N4O3S/c1-17-6-10-21(11-7-17)28-19(3)23(16-25-28)18(2)26-24(29)20-8-12-22(13-9-20)32(30,31)27-14-4-5-15-27/h6-13,16,18H,4-5,14-15H2,1-3H3,(H,26,29)/t18-/m1/s1. The number of hydrogen-bond acceptors (Lipinski definition) is 4. The molecule has 2 aromatic carbocycles. The molecular weight excluding hydrogens is 424 g/mol. The Labute approximate surface area is 189 Å². The van der Waals surface area contributed by atoms with E-state index in [0.29, 0.717) is 18.7 Å². The number of nitrogens with one attached hydrogen (secondary N) is 1. The van der Waals surface area contributed by atoms with Crippen molar-refractivity contribution in [1.29, 1.82) is 0 Å². The van der Waals surface area contributed by atoms with E-state index in [4.69, 9.17) is 0 Å². The molecule has 1 saturated heterocycles. The first kappa shape index (κ1) is 22.2. The minimum atomic E-state index is -3.49.